The number of amides is 2. The highest BCUT2D eigenvalue weighted by molar-refractivity contribution is 7.89. The zero-order valence-corrected chi connectivity index (χ0v) is 28.1. The van der Waals surface area contributed by atoms with Crippen molar-refractivity contribution in [3.05, 3.63) is 58.6 Å². The van der Waals surface area contributed by atoms with E-state index in [0.29, 0.717) is 43.4 Å². The largest absolute Gasteiger partial charge is 0.395 e. The average Bonchev–Trinajstić information content (AvgIpc) is 3.00. The van der Waals surface area contributed by atoms with Crippen molar-refractivity contribution in [2.45, 2.75) is 57.3 Å². The Hall–Kier alpha value is -2.21. The number of carbonyl (C=O) groups is 2. The molecule has 2 aliphatic heterocycles. The monoisotopic (exact) mass is 668 g/mol. The van der Waals surface area contributed by atoms with Gasteiger partial charge in [-0.05, 0) is 106 Å². The van der Waals surface area contributed by atoms with Crippen molar-refractivity contribution in [3.63, 3.8) is 0 Å². The van der Waals surface area contributed by atoms with Crippen LogP contribution in [0.3, 0.4) is 0 Å². The molecule has 2 aliphatic rings. The molecule has 2 N–H and O–H groups in total. The molecule has 2 aromatic rings. The summed E-state index contributed by atoms with van der Waals surface area (Å²) in [5.74, 6) is 0.621. The van der Waals surface area contributed by atoms with E-state index < -0.39 is 10.0 Å². The van der Waals surface area contributed by atoms with Gasteiger partial charge in [0.1, 0.15) is 0 Å². The lowest BCUT2D eigenvalue weighted by atomic mass is 9.90. The van der Waals surface area contributed by atoms with Crippen molar-refractivity contribution in [2.24, 2.45) is 11.8 Å². The summed E-state index contributed by atoms with van der Waals surface area (Å²) in [6, 6.07) is 12.8. The molecule has 12 heteroatoms. The second-order valence-corrected chi connectivity index (χ2v) is 14.0. The Labute approximate surface area is 273 Å². The molecule has 44 heavy (non-hydrogen) atoms. The maximum absolute atomic E-state index is 13.7. The first kappa shape index (κ1) is 36.3. The molecule has 244 valence electrons. The number of nitrogens with one attached hydrogen (secondary N) is 1. The normalized spacial score (nSPS) is 16.9. The number of rotatable bonds is 12. The number of benzene rings is 2. The molecule has 0 atom stereocenters. The van der Waals surface area contributed by atoms with Gasteiger partial charge < -0.3 is 19.8 Å². The summed E-state index contributed by atoms with van der Waals surface area (Å²) in [6.45, 7) is 8.05. The predicted octanol–water partition coefficient (Wildman–Crippen LogP) is 4.28. The van der Waals surface area contributed by atoms with Gasteiger partial charge in [0.15, 0.2) is 0 Å². The summed E-state index contributed by atoms with van der Waals surface area (Å²) in [5.41, 5.74) is 2.93. The molecular weight excluding hydrogens is 623 g/mol. The summed E-state index contributed by atoms with van der Waals surface area (Å²) in [6.07, 6.45) is 5.28. The molecular formula is C32H46Cl2N4O5S. The minimum Gasteiger partial charge on any atom is -0.395 e. The molecule has 0 aliphatic carbocycles. The van der Waals surface area contributed by atoms with Gasteiger partial charge in [-0.2, -0.15) is 0 Å². The second-order valence-electron chi connectivity index (χ2n) is 11.8. The molecule has 0 bridgehead atoms. The topological polar surface area (TPSA) is 110 Å². The van der Waals surface area contributed by atoms with Crippen LogP contribution in [0.5, 0.6) is 0 Å². The van der Waals surface area contributed by atoms with E-state index in [2.05, 4.69) is 9.62 Å². The van der Waals surface area contributed by atoms with Crippen molar-refractivity contribution < 1.29 is 23.1 Å². The molecule has 2 fully saturated rings. The van der Waals surface area contributed by atoms with Crippen LogP contribution in [-0.4, -0.2) is 87.6 Å². The van der Waals surface area contributed by atoms with Gasteiger partial charge in [0.05, 0.1) is 11.5 Å². The number of aliphatic hydroxyl groups is 1. The number of piperidine rings is 2. The van der Waals surface area contributed by atoms with Crippen molar-refractivity contribution in [1.82, 2.24) is 14.5 Å². The highest BCUT2D eigenvalue weighted by atomic mass is 35.5. The number of anilines is 1. The molecule has 2 saturated heterocycles. The molecule has 2 amide bonds. The standard InChI is InChI=1S/C32H45ClN4O5S.ClH/c1-24-4-7-29(23-31(24)33)37(32(40)28-12-19-36(20-13-28)25(2)39)16-3-15-35-17-10-27(11-18-35)22-26-5-8-30(9-6-26)43(41,42)34-14-21-38;/h4-9,23,27-28,34,38H,3,10-22H2,1-2H3;1H. The summed E-state index contributed by atoms with van der Waals surface area (Å²) in [7, 11) is -3.60. The first-order valence-corrected chi connectivity index (χ1v) is 17.2. The van der Waals surface area contributed by atoms with Gasteiger partial charge in [-0.25, -0.2) is 13.1 Å². The number of hydrogen-bond acceptors (Lipinski definition) is 6. The van der Waals surface area contributed by atoms with Crippen LogP contribution >= 0.6 is 24.0 Å². The molecule has 0 radical (unpaired) electrons. The van der Waals surface area contributed by atoms with Crippen LogP contribution < -0.4 is 9.62 Å². The lowest BCUT2D eigenvalue weighted by Gasteiger charge is -2.35. The first-order valence-electron chi connectivity index (χ1n) is 15.3. The molecule has 0 saturated carbocycles. The lowest BCUT2D eigenvalue weighted by Crippen LogP contribution is -2.45. The van der Waals surface area contributed by atoms with Crippen LogP contribution in [0.25, 0.3) is 0 Å². The summed E-state index contributed by atoms with van der Waals surface area (Å²) >= 11 is 6.45. The number of halogens is 2. The van der Waals surface area contributed by atoms with E-state index in [1.807, 2.05) is 47.1 Å². The Balaban J connectivity index is 0.00000529. The third-order valence-electron chi connectivity index (χ3n) is 8.75. The number of likely N-dealkylation sites (tertiary alicyclic amines) is 2. The zero-order valence-electron chi connectivity index (χ0n) is 25.7. The molecule has 9 nitrogen and oxygen atoms in total. The van der Waals surface area contributed by atoms with Gasteiger partial charge in [0.25, 0.3) is 0 Å². The van der Waals surface area contributed by atoms with E-state index in [1.54, 1.807) is 19.1 Å². The summed E-state index contributed by atoms with van der Waals surface area (Å²) in [5, 5.41) is 9.54. The minimum absolute atomic E-state index is 0. The van der Waals surface area contributed by atoms with Gasteiger partial charge in [-0.15, -0.1) is 12.4 Å². The van der Waals surface area contributed by atoms with Crippen LogP contribution in [0, 0.1) is 18.8 Å². The minimum atomic E-state index is -3.60. The van der Waals surface area contributed by atoms with E-state index in [0.717, 1.165) is 62.1 Å². The van der Waals surface area contributed by atoms with Gasteiger partial charge in [0, 0.05) is 49.7 Å². The molecule has 2 heterocycles. The van der Waals surface area contributed by atoms with Crippen molar-refractivity contribution in [3.8, 4) is 0 Å². The van der Waals surface area contributed by atoms with Crippen LogP contribution in [0.15, 0.2) is 47.4 Å². The first-order chi connectivity index (χ1) is 20.6. The Morgan fingerprint density at radius 1 is 1.02 bits per heavy atom. The lowest BCUT2D eigenvalue weighted by molar-refractivity contribution is -0.133. The molecule has 2 aromatic carbocycles. The quantitative estimate of drug-likeness (QED) is 0.350. The Bertz CT molecular complexity index is 1340. The Morgan fingerprint density at radius 2 is 1.68 bits per heavy atom. The van der Waals surface area contributed by atoms with Crippen LogP contribution in [0.2, 0.25) is 5.02 Å². The Morgan fingerprint density at radius 3 is 2.27 bits per heavy atom. The maximum atomic E-state index is 13.7. The summed E-state index contributed by atoms with van der Waals surface area (Å²) < 4.78 is 26.9. The number of nitrogens with zero attached hydrogens (tertiary/aromatic N) is 3. The molecule has 0 unspecified atom stereocenters. The smallest absolute Gasteiger partial charge is 0.240 e. The van der Waals surface area contributed by atoms with Gasteiger partial charge >= 0.3 is 0 Å². The molecule has 4 rings (SSSR count). The average molecular weight is 670 g/mol. The number of aryl methyl sites for hydroxylation is 1. The van der Waals surface area contributed by atoms with E-state index in [1.165, 1.54) is 0 Å². The number of carbonyl (C=O) groups excluding carboxylic acids is 2. The van der Waals surface area contributed by atoms with Gasteiger partial charge in [-0.1, -0.05) is 29.8 Å². The number of sulfonamides is 1. The predicted molar refractivity (Wildman–Crippen MR) is 177 cm³/mol. The highest BCUT2D eigenvalue weighted by Crippen LogP contribution is 2.28. The molecule has 0 spiro atoms. The van der Waals surface area contributed by atoms with Gasteiger partial charge in [-0.3, -0.25) is 9.59 Å². The van der Waals surface area contributed by atoms with Crippen molar-refractivity contribution >= 4 is 51.5 Å². The van der Waals surface area contributed by atoms with E-state index >= 15 is 0 Å². The highest BCUT2D eigenvalue weighted by Gasteiger charge is 2.30. The van der Waals surface area contributed by atoms with E-state index in [9.17, 15) is 18.0 Å². The Kier molecular flexibility index (Phi) is 13.9. The second kappa shape index (κ2) is 16.9. The van der Waals surface area contributed by atoms with E-state index in [4.69, 9.17) is 16.7 Å². The van der Waals surface area contributed by atoms with Crippen LogP contribution in [0.1, 0.15) is 50.2 Å². The maximum Gasteiger partial charge on any atom is 0.240 e. The third kappa shape index (κ3) is 9.89. The number of aliphatic hydroxyl groups excluding tert-OH is 1. The zero-order chi connectivity index (χ0) is 31.0. The fourth-order valence-electron chi connectivity index (χ4n) is 6.05. The van der Waals surface area contributed by atoms with E-state index in [-0.39, 0.29) is 48.2 Å². The fourth-order valence-corrected chi connectivity index (χ4v) is 7.24. The molecule has 0 aromatic heterocycles. The third-order valence-corrected chi connectivity index (χ3v) is 10.6. The van der Waals surface area contributed by atoms with Gasteiger partial charge in [0.2, 0.25) is 21.8 Å². The van der Waals surface area contributed by atoms with Crippen LogP contribution in [-0.2, 0) is 26.0 Å². The van der Waals surface area contributed by atoms with Crippen molar-refractivity contribution in [2.75, 3.05) is 57.3 Å². The fraction of sp³-hybridized carbons (Fsp3) is 0.562. The van der Waals surface area contributed by atoms with Crippen molar-refractivity contribution in [1.29, 1.82) is 0 Å². The summed E-state index contributed by atoms with van der Waals surface area (Å²) in [4.78, 5) is 31.9. The SMILES string of the molecule is CC(=O)N1CCC(C(=O)N(CCCN2CCC(Cc3ccc(S(=O)(=O)NCCO)cc3)CC2)c2ccc(C)c(Cl)c2)CC1.Cl. The number of hydrogen-bond donors (Lipinski definition) is 2. The van der Waals surface area contributed by atoms with Crippen LogP contribution in [0.4, 0.5) is 5.69 Å².